The third-order valence-corrected chi connectivity index (χ3v) is 5.01. The minimum absolute atomic E-state index is 0.247. The van der Waals surface area contributed by atoms with Crippen LogP contribution in [0.4, 0.5) is 4.39 Å². The summed E-state index contributed by atoms with van der Waals surface area (Å²) in [7, 11) is 2.16. The Morgan fingerprint density at radius 2 is 1.77 bits per heavy atom. The SMILES string of the molecule is Cc1nccc(-c2c(-c3ccc(F)cc3)ncn2C2CCN(C)CC2)n1. The van der Waals surface area contributed by atoms with E-state index in [9.17, 15) is 4.39 Å². The Balaban J connectivity index is 1.83. The summed E-state index contributed by atoms with van der Waals surface area (Å²) in [4.78, 5) is 15.9. The average Bonchev–Trinajstić information content (AvgIpc) is 3.08. The molecule has 6 heteroatoms. The zero-order valence-electron chi connectivity index (χ0n) is 15.1. The molecule has 5 nitrogen and oxygen atoms in total. The van der Waals surface area contributed by atoms with Crippen molar-refractivity contribution in [2.45, 2.75) is 25.8 Å². The summed E-state index contributed by atoms with van der Waals surface area (Å²) < 4.78 is 15.6. The Morgan fingerprint density at radius 1 is 1.04 bits per heavy atom. The Bertz CT molecular complexity index is 895. The van der Waals surface area contributed by atoms with E-state index in [1.165, 1.54) is 12.1 Å². The van der Waals surface area contributed by atoms with Gasteiger partial charge >= 0.3 is 0 Å². The molecule has 0 unspecified atom stereocenters. The highest BCUT2D eigenvalue weighted by molar-refractivity contribution is 5.76. The highest BCUT2D eigenvalue weighted by atomic mass is 19.1. The molecular weight excluding hydrogens is 329 g/mol. The molecule has 1 aliphatic rings. The first-order chi connectivity index (χ1) is 12.6. The van der Waals surface area contributed by atoms with Gasteiger partial charge in [-0.25, -0.2) is 19.3 Å². The van der Waals surface area contributed by atoms with Crippen molar-refractivity contribution in [2.24, 2.45) is 0 Å². The van der Waals surface area contributed by atoms with Crippen LogP contribution in [0.2, 0.25) is 0 Å². The molecule has 0 spiro atoms. The number of benzene rings is 1. The zero-order chi connectivity index (χ0) is 18.1. The fourth-order valence-corrected chi connectivity index (χ4v) is 3.57. The molecule has 2 aromatic heterocycles. The van der Waals surface area contributed by atoms with Crippen molar-refractivity contribution in [3.8, 4) is 22.6 Å². The lowest BCUT2D eigenvalue weighted by atomic mass is 10.0. The van der Waals surface area contributed by atoms with E-state index in [1.807, 2.05) is 19.3 Å². The molecule has 0 radical (unpaired) electrons. The van der Waals surface area contributed by atoms with Crippen molar-refractivity contribution in [1.82, 2.24) is 24.4 Å². The molecule has 3 aromatic rings. The average molecular weight is 351 g/mol. The molecule has 0 N–H and O–H groups in total. The Kier molecular flexibility index (Phi) is 4.51. The third kappa shape index (κ3) is 3.24. The van der Waals surface area contributed by atoms with Gasteiger partial charge in [0.05, 0.1) is 23.4 Å². The van der Waals surface area contributed by atoms with Crippen molar-refractivity contribution in [3.63, 3.8) is 0 Å². The summed E-state index contributed by atoms with van der Waals surface area (Å²) in [5.74, 6) is 0.478. The van der Waals surface area contributed by atoms with E-state index >= 15 is 0 Å². The lowest BCUT2D eigenvalue weighted by Crippen LogP contribution is -2.31. The smallest absolute Gasteiger partial charge is 0.125 e. The van der Waals surface area contributed by atoms with Crippen LogP contribution in [-0.2, 0) is 0 Å². The van der Waals surface area contributed by atoms with Crippen LogP contribution in [-0.4, -0.2) is 44.6 Å². The van der Waals surface area contributed by atoms with Gasteiger partial charge in [-0.15, -0.1) is 0 Å². The molecule has 3 heterocycles. The van der Waals surface area contributed by atoms with Crippen LogP contribution in [0.25, 0.3) is 22.6 Å². The van der Waals surface area contributed by atoms with E-state index in [0.29, 0.717) is 6.04 Å². The van der Waals surface area contributed by atoms with Crippen LogP contribution >= 0.6 is 0 Å². The van der Waals surface area contributed by atoms with E-state index in [0.717, 1.165) is 54.4 Å². The van der Waals surface area contributed by atoms with E-state index in [1.54, 1.807) is 18.3 Å². The number of imidazole rings is 1. The first-order valence-electron chi connectivity index (χ1n) is 8.93. The highest BCUT2D eigenvalue weighted by Crippen LogP contribution is 2.35. The van der Waals surface area contributed by atoms with Crippen molar-refractivity contribution in [2.75, 3.05) is 20.1 Å². The molecule has 134 valence electrons. The summed E-state index contributed by atoms with van der Waals surface area (Å²) in [5, 5.41) is 0. The molecule has 0 bridgehead atoms. The number of nitrogens with zero attached hydrogens (tertiary/aromatic N) is 5. The maximum Gasteiger partial charge on any atom is 0.125 e. The van der Waals surface area contributed by atoms with Crippen LogP contribution in [0.1, 0.15) is 24.7 Å². The zero-order valence-corrected chi connectivity index (χ0v) is 15.1. The van der Waals surface area contributed by atoms with Crippen molar-refractivity contribution < 1.29 is 4.39 Å². The van der Waals surface area contributed by atoms with Gasteiger partial charge in [-0.3, -0.25) is 0 Å². The summed E-state index contributed by atoms with van der Waals surface area (Å²) >= 11 is 0. The van der Waals surface area contributed by atoms with Gasteiger partial charge in [0, 0.05) is 17.8 Å². The molecule has 26 heavy (non-hydrogen) atoms. The minimum atomic E-state index is -0.247. The Labute approximate surface area is 152 Å². The predicted molar refractivity (Wildman–Crippen MR) is 99.2 cm³/mol. The van der Waals surface area contributed by atoms with E-state index < -0.39 is 0 Å². The maximum atomic E-state index is 13.4. The number of likely N-dealkylation sites (tertiary alicyclic amines) is 1. The number of aryl methyl sites for hydroxylation is 1. The molecule has 4 rings (SSSR count). The largest absolute Gasteiger partial charge is 0.326 e. The van der Waals surface area contributed by atoms with E-state index in [4.69, 9.17) is 0 Å². The number of aromatic nitrogens is 4. The van der Waals surface area contributed by atoms with Crippen LogP contribution < -0.4 is 0 Å². The second kappa shape index (κ2) is 6.96. The summed E-state index contributed by atoms with van der Waals surface area (Å²) in [6.07, 6.45) is 5.83. The van der Waals surface area contributed by atoms with Crippen LogP contribution in [0.15, 0.2) is 42.9 Å². The first kappa shape index (κ1) is 16.8. The number of halogens is 1. The van der Waals surface area contributed by atoms with Crippen molar-refractivity contribution >= 4 is 0 Å². The quantitative estimate of drug-likeness (QED) is 0.721. The molecule has 0 saturated carbocycles. The molecule has 1 fully saturated rings. The number of hydrogen-bond acceptors (Lipinski definition) is 4. The van der Waals surface area contributed by atoms with Gasteiger partial charge in [0.1, 0.15) is 11.6 Å². The topological polar surface area (TPSA) is 46.8 Å². The van der Waals surface area contributed by atoms with E-state index in [2.05, 4.69) is 31.5 Å². The molecule has 1 aromatic carbocycles. The summed E-state index contributed by atoms with van der Waals surface area (Å²) in [5.41, 5.74) is 3.57. The number of rotatable bonds is 3. The summed E-state index contributed by atoms with van der Waals surface area (Å²) in [6, 6.07) is 8.79. The van der Waals surface area contributed by atoms with Crippen molar-refractivity contribution in [3.05, 3.63) is 54.5 Å². The molecule has 0 atom stereocenters. The van der Waals surface area contributed by atoms with Gasteiger partial charge in [0.15, 0.2) is 0 Å². The Morgan fingerprint density at radius 3 is 2.46 bits per heavy atom. The molecule has 1 saturated heterocycles. The van der Waals surface area contributed by atoms with Gasteiger partial charge in [0.25, 0.3) is 0 Å². The van der Waals surface area contributed by atoms with Crippen molar-refractivity contribution in [1.29, 1.82) is 0 Å². The highest BCUT2D eigenvalue weighted by Gasteiger charge is 2.24. The van der Waals surface area contributed by atoms with E-state index in [-0.39, 0.29) is 5.82 Å². The third-order valence-electron chi connectivity index (χ3n) is 5.01. The standard InChI is InChI=1S/C20H22FN5/c1-14-22-10-7-18(24-14)20-19(15-3-5-16(21)6-4-15)23-13-26(20)17-8-11-25(2)12-9-17/h3-7,10,13,17H,8-9,11-12H2,1-2H3. The first-order valence-corrected chi connectivity index (χ1v) is 8.93. The lowest BCUT2D eigenvalue weighted by Gasteiger charge is -2.30. The van der Waals surface area contributed by atoms with Gasteiger partial charge in [0.2, 0.25) is 0 Å². The van der Waals surface area contributed by atoms with Gasteiger partial charge in [-0.2, -0.15) is 0 Å². The lowest BCUT2D eigenvalue weighted by molar-refractivity contribution is 0.222. The van der Waals surface area contributed by atoms with Crippen LogP contribution in [0.3, 0.4) is 0 Å². The van der Waals surface area contributed by atoms with Gasteiger partial charge in [-0.1, -0.05) is 0 Å². The van der Waals surface area contributed by atoms with Crippen LogP contribution in [0, 0.1) is 12.7 Å². The fraction of sp³-hybridized carbons (Fsp3) is 0.350. The maximum absolute atomic E-state index is 13.4. The van der Waals surface area contributed by atoms with Gasteiger partial charge < -0.3 is 9.47 Å². The van der Waals surface area contributed by atoms with Gasteiger partial charge in [-0.05, 0) is 70.2 Å². The van der Waals surface area contributed by atoms with Crippen LogP contribution in [0.5, 0.6) is 0 Å². The Hall–Kier alpha value is -2.60. The predicted octanol–water partition coefficient (Wildman–Crippen LogP) is 3.72. The molecule has 0 aliphatic carbocycles. The monoisotopic (exact) mass is 351 g/mol. The number of piperidine rings is 1. The summed E-state index contributed by atoms with van der Waals surface area (Å²) in [6.45, 7) is 4.02. The number of hydrogen-bond donors (Lipinski definition) is 0. The molecule has 1 aliphatic heterocycles. The second-order valence-corrected chi connectivity index (χ2v) is 6.88. The normalized spacial score (nSPS) is 16.1. The second-order valence-electron chi connectivity index (χ2n) is 6.88. The molecule has 0 amide bonds. The molecular formula is C20H22FN5. The minimum Gasteiger partial charge on any atom is -0.326 e. The fourth-order valence-electron chi connectivity index (χ4n) is 3.57.